The maximum absolute atomic E-state index is 12.1. The number of halogens is 1. The van der Waals surface area contributed by atoms with Crippen molar-refractivity contribution in [3.05, 3.63) is 47.0 Å². The van der Waals surface area contributed by atoms with E-state index in [1.807, 2.05) is 0 Å². The van der Waals surface area contributed by atoms with Crippen LogP contribution in [0.3, 0.4) is 0 Å². The molecule has 2 amide bonds. The number of carbonyl (C=O) groups excluding carboxylic acids is 1. The van der Waals surface area contributed by atoms with Gasteiger partial charge in [0, 0.05) is 12.6 Å². The standard InChI is InChI=1S/C18H21ClN2O5/c1-24-12-6-4-11(5-7-12)15(22)10-20-18(23)21-14-8-13(19)16(25-2)9-17(14)26-3/h4-9,15,22H,10H2,1-3H3,(H2,20,21,23)/t15-/m1/s1. The predicted octanol–water partition coefficient (Wildman–Crippen LogP) is 3.22. The van der Waals surface area contributed by atoms with Gasteiger partial charge in [0.05, 0.1) is 38.1 Å². The second-order valence-corrected chi connectivity index (χ2v) is 5.72. The van der Waals surface area contributed by atoms with Crippen molar-refractivity contribution >= 4 is 23.3 Å². The molecule has 0 heterocycles. The summed E-state index contributed by atoms with van der Waals surface area (Å²) in [6.07, 6.45) is -0.854. The van der Waals surface area contributed by atoms with Gasteiger partial charge in [0.2, 0.25) is 0 Å². The Hall–Kier alpha value is -2.64. The average molecular weight is 381 g/mol. The summed E-state index contributed by atoms with van der Waals surface area (Å²) in [5.41, 5.74) is 1.05. The van der Waals surface area contributed by atoms with Crippen LogP contribution in [-0.4, -0.2) is 39.0 Å². The molecule has 7 nitrogen and oxygen atoms in total. The second kappa shape index (κ2) is 9.17. The van der Waals surface area contributed by atoms with Gasteiger partial charge in [0.25, 0.3) is 0 Å². The van der Waals surface area contributed by atoms with Gasteiger partial charge in [-0.15, -0.1) is 0 Å². The summed E-state index contributed by atoms with van der Waals surface area (Å²) in [7, 11) is 4.53. The maximum Gasteiger partial charge on any atom is 0.319 e. The molecule has 0 radical (unpaired) electrons. The SMILES string of the molecule is COc1ccc([C@H](O)CNC(=O)Nc2cc(Cl)c(OC)cc2OC)cc1. The van der Waals surface area contributed by atoms with E-state index < -0.39 is 12.1 Å². The predicted molar refractivity (Wildman–Crippen MR) is 99.5 cm³/mol. The van der Waals surface area contributed by atoms with Gasteiger partial charge in [-0.05, 0) is 23.8 Å². The lowest BCUT2D eigenvalue weighted by Crippen LogP contribution is -2.32. The Morgan fingerprint density at radius 2 is 1.73 bits per heavy atom. The van der Waals surface area contributed by atoms with E-state index in [1.54, 1.807) is 37.4 Å². The van der Waals surface area contributed by atoms with E-state index in [0.717, 1.165) is 0 Å². The molecular formula is C18H21ClN2O5. The van der Waals surface area contributed by atoms with Crippen molar-refractivity contribution in [1.82, 2.24) is 5.32 Å². The van der Waals surface area contributed by atoms with Crippen molar-refractivity contribution < 1.29 is 24.1 Å². The van der Waals surface area contributed by atoms with Gasteiger partial charge in [0.15, 0.2) is 0 Å². The Morgan fingerprint density at radius 3 is 2.31 bits per heavy atom. The molecule has 0 saturated heterocycles. The molecule has 26 heavy (non-hydrogen) atoms. The number of ether oxygens (including phenoxy) is 3. The van der Waals surface area contributed by atoms with E-state index in [4.69, 9.17) is 25.8 Å². The largest absolute Gasteiger partial charge is 0.497 e. The van der Waals surface area contributed by atoms with Crippen LogP contribution in [0.4, 0.5) is 10.5 Å². The lowest BCUT2D eigenvalue weighted by molar-refractivity contribution is 0.175. The molecule has 2 aromatic carbocycles. The third-order valence-electron chi connectivity index (χ3n) is 3.68. The third-order valence-corrected chi connectivity index (χ3v) is 3.97. The van der Waals surface area contributed by atoms with Crippen molar-refractivity contribution in [1.29, 1.82) is 0 Å². The highest BCUT2D eigenvalue weighted by molar-refractivity contribution is 6.32. The zero-order valence-corrected chi connectivity index (χ0v) is 15.5. The molecule has 0 saturated carbocycles. The van der Waals surface area contributed by atoms with E-state index >= 15 is 0 Å². The maximum atomic E-state index is 12.1. The Kier molecular flexibility index (Phi) is 6.94. The molecular weight excluding hydrogens is 360 g/mol. The molecule has 2 rings (SSSR count). The quantitative estimate of drug-likeness (QED) is 0.686. The number of rotatable bonds is 7. The van der Waals surface area contributed by atoms with Gasteiger partial charge >= 0.3 is 6.03 Å². The summed E-state index contributed by atoms with van der Waals surface area (Å²) >= 11 is 6.07. The number of benzene rings is 2. The molecule has 0 spiro atoms. The van der Waals surface area contributed by atoms with E-state index in [-0.39, 0.29) is 6.54 Å². The first-order valence-corrected chi connectivity index (χ1v) is 8.14. The number of urea groups is 1. The van der Waals surface area contributed by atoms with Crippen LogP contribution in [0.2, 0.25) is 5.02 Å². The van der Waals surface area contributed by atoms with Gasteiger partial charge in [-0.1, -0.05) is 23.7 Å². The van der Waals surface area contributed by atoms with Gasteiger partial charge in [0.1, 0.15) is 17.2 Å². The molecule has 0 fully saturated rings. The highest BCUT2D eigenvalue weighted by Gasteiger charge is 2.14. The topological polar surface area (TPSA) is 89.1 Å². The van der Waals surface area contributed by atoms with Crippen molar-refractivity contribution in [2.45, 2.75) is 6.10 Å². The number of methoxy groups -OCH3 is 3. The number of carbonyl (C=O) groups is 1. The summed E-state index contributed by atoms with van der Waals surface area (Å²) in [4.78, 5) is 12.1. The Morgan fingerprint density at radius 1 is 1.08 bits per heavy atom. The van der Waals surface area contributed by atoms with E-state index in [2.05, 4.69) is 10.6 Å². The molecule has 2 aromatic rings. The normalized spacial score (nSPS) is 11.4. The second-order valence-electron chi connectivity index (χ2n) is 5.31. The number of hydrogen-bond donors (Lipinski definition) is 3. The van der Waals surface area contributed by atoms with Crippen LogP contribution in [0.15, 0.2) is 36.4 Å². The molecule has 140 valence electrons. The number of anilines is 1. The van der Waals surface area contributed by atoms with E-state index in [9.17, 15) is 9.90 Å². The van der Waals surface area contributed by atoms with Crippen LogP contribution in [-0.2, 0) is 0 Å². The summed E-state index contributed by atoms with van der Waals surface area (Å²) in [6.45, 7) is 0.0321. The van der Waals surface area contributed by atoms with Crippen LogP contribution in [0.25, 0.3) is 0 Å². The Balaban J connectivity index is 1.97. The summed E-state index contributed by atoms with van der Waals surface area (Å²) in [6, 6.07) is 9.54. The fraction of sp³-hybridized carbons (Fsp3) is 0.278. The number of amides is 2. The zero-order chi connectivity index (χ0) is 19.1. The lowest BCUT2D eigenvalue weighted by Gasteiger charge is -2.15. The summed E-state index contributed by atoms with van der Waals surface area (Å²) in [5, 5.41) is 15.7. The van der Waals surface area contributed by atoms with Crippen LogP contribution >= 0.6 is 11.6 Å². The van der Waals surface area contributed by atoms with Crippen LogP contribution in [0.1, 0.15) is 11.7 Å². The molecule has 0 aliphatic carbocycles. The summed E-state index contributed by atoms with van der Waals surface area (Å²) in [5.74, 6) is 1.52. The van der Waals surface area contributed by atoms with Gasteiger partial charge in [-0.25, -0.2) is 4.79 Å². The first-order valence-electron chi connectivity index (χ1n) is 7.76. The van der Waals surface area contributed by atoms with Gasteiger partial charge in [-0.2, -0.15) is 0 Å². The van der Waals surface area contributed by atoms with Crippen LogP contribution in [0, 0.1) is 0 Å². The molecule has 1 atom stereocenters. The molecule has 0 unspecified atom stereocenters. The highest BCUT2D eigenvalue weighted by atomic mass is 35.5. The zero-order valence-electron chi connectivity index (χ0n) is 14.7. The van der Waals surface area contributed by atoms with Crippen molar-refractivity contribution in [2.24, 2.45) is 0 Å². The Bertz CT molecular complexity index is 752. The highest BCUT2D eigenvalue weighted by Crippen LogP contribution is 2.35. The molecule has 8 heteroatoms. The number of aliphatic hydroxyl groups excluding tert-OH is 1. The van der Waals surface area contributed by atoms with Crippen LogP contribution in [0.5, 0.6) is 17.2 Å². The van der Waals surface area contributed by atoms with Crippen molar-refractivity contribution in [3.63, 3.8) is 0 Å². The monoisotopic (exact) mass is 380 g/mol. The fourth-order valence-electron chi connectivity index (χ4n) is 2.26. The first kappa shape index (κ1) is 19.7. The molecule has 0 aliphatic rings. The van der Waals surface area contributed by atoms with E-state index in [1.165, 1.54) is 20.3 Å². The van der Waals surface area contributed by atoms with Crippen molar-refractivity contribution in [3.8, 4) is 17.2 Å². The molecule has 0 aliphatic heterocycles. The fourth-order valence-corrected chi connectivity index (χ4v) is 2.50. The van der Waals surface area contributed by atoms with Gasteiger partial charge < -0.3 is 30.0 Å². The smallest absolute Gasteiger partial charge is 0.319 e. The number of aliphatic hydroxyl groups is 1. The van der Waals surface area contributed by atoms with Crippen LogP contribution < -0.4 is 24.8 Å². The number of nitrogens with one attached hydrogen (secondary N) is 2. The van der Waals surface area contributed by atoms with Crippen molar-refractivity contribution in [2.75, 3.05) is 33.2 Å². The minimum Gasteiger partial charge on any atom is -0.497 e. The average Bonchev–Trinajstić information content (AvgIpc) is 2.66. The molecule has 0 aromatic heterocycles. The third kappa shape index (κ3) is 4.93. The minimum atomic E-state index is -0.854. The molecule has 0 bridgehead atoms. The Labute approximate surface area is 156 Å². The molecule has 3 N–H and O–H groups in total. The summed E-state index contributed by atoms with van der Waals surface area (Å²) < 4.78 is 15.4. The van der Waals surface area contributed by atoms with E-state index in [0.29, 0.717) is 33.5 Å². The lowest BCUT2D eigenvalue weighted by atomic mass is 10.1. The minimum absolute atomic E-state index is 0.0321. The first-order chi connectivity index (χ1) is 12.5. The van der Waals surface area contributed by atoms with Gasteiger partial charge in [-0.3, -0.25) is 0 Å². The number of hydrogen-bond acceptors (Lipinski definition) is 5.